The molecule has 0 aliphatic carbocycles. The molecule has 0 unspecified atom stereocenters. The average molecular weight is 280 g/mol. The molecule has 2 heterocycles. The summed E-state index contributed by atoms with van der Waals surface area (Å²) in [6.07, 6.45) is 3.61. The van der Waals surface area contributed by atoms with Crippen molar-refractivity contribution in [2.75, 3.05) is 7.11 Å². The molecule has 2 aromatic heterocycles. The standard InChI is InChI=1S/C16H16N4O/c1-21-16-7-6-12(9-19-16)8-17-10-13-11-18-14-4-2-3-5-15(14)20-13/h2-7,9,11,17H,8,10H2,1H3. The molecule has 0 spiro atoms. The first-order chi connectivity index (χ1) is 10.3. The minimum absolute atomic E-state index is 0.624. The van der Waals surface area contributed by atoms with Crippen molar-refractivity contribution in [1.29, 1.82) is 0 Å². The summed E-state index contributed by atoms with van der Waals surface area (Å²) in [7, 11) is 1.61. The van der Waals surface area contributed by atoms with Crippen molar-refractivity contribution in [3.63, 3.8) is 0 Å². The van der Waals surface area contributed by atoms with Gasteiger partial charge in [0.25, 0.3) is 0 Å². The van der Waals surface area contributed by atoms with Crippen LogP contribution in [0, 0.1) is 0 Å². The lowest BCUT2D eigenvalue weighted by molar-refractivity contribution is 0.397. The first-order valence-electron chi connectivity index (χ1n) is 6.75. The molecule has 106 valence electrons. The van der Waals surface area contributed by atoms with Crippen LogP contribution in [-0.4, -0.2) is 22.1 Å². The second-order valence-corrected chi connectivity index (χ2v) is 4.66. The van der Waals surface area contributed by atoms with Crippen molar-refractivity contribution < 1.29 is 4.74 Å². The Morgan fingerprint density at radius 2 is 1.81 bits per heavy atom. The van der Waals surface area contributed by atoms with E-state index in [1.165, 1.54) is 0 Å². The van der Waals surface area contributed by atoms with Gasteiger partial charge in [-0.15, -0.1) is 0 Å². The molecule has 0 amide bonds. The molecule has 0 aliphatic rings. The second kappa shape index (κ2) is 6.28. The summed E-state index contributed by atoms with van der Waals surface area (Å²) in [6, 6.07) is 11.7. The van der Waals surface area contributed by atoms with Crippen molar-refractivity contribution in [2.45, 2.75) is 13.1 Å². The molecular weight excluding hydrogens is 264 g/mol. The molecule has 1 N–H and O–H groups in total. The smallest absolute Gasteiger partial charge is 0.212 e. The van der Waals surface area contributed by atoms with Gasteiger partial charge in [-0.2, -0.15) is 0 Å². The zero-order chi connectivity index (χ0) is 14.5. The highest BCUT2D eigenvalue weighted by Crippen LogP contribution is 2.09. The molecule has 21 heavy (non-hydrogen) atoms. The van der Waals surface area contributed by atoms with Crippen molar-refractivity contribution >= 4 is 11.0 Å². The summed E-state index contributed by atoms with van der Waals surface area (Å²) >= 11 is 0. The first-order valence-corrected chi connectivity index (χ1v) is 6.75. The van der Waals surface area contributed by atoms with E-state index in [4.69, 9.17) is 4.74 Å². The molecule has 0 atom stereocenters. The minimum atomic E-state index is 0.624. The second-order valence-electron chi connectivity index (χ2n) is 4.66. The van der Waals surface area contributed by atoms with Crippen molar-refractivity contribution in [3.05, 3.63) is 60.0 Å². The minimum Gasteiger partial charge on any atom is -0.481 e. The molecule has 0 radical (unpaired) electrons. The fraction of sp³-hybridized carbons (Fsp3) is 0.188. The van der Waals surface area contributed by atoms with Gasteiger partial charge in [0.15, 0.2) is 0 Å². The van der Waals surface area contributed by atoms with Gasteiger partial charge in [-0.1, -0.05) is 18.2 Å². The lowest BCUT2D eigenvalue weighted by Gasteiger charge is -2.06. The van der Waals surface area contributed by atoms with Crippen LogP contribution in [0.3, 0.4) is 0 Å². The topological polar surface area (TPSA) is 59.9 Å². The van der Waals surface area contributed by atoms with Gasteiger partial charge >= 0.3 is 0 Å². The Labute approximate surface area is 123 Å². The van der Waals surface area contributed by atoms with Crippen LogP contribution in [0.1, 0.15) is 11.3 Å². The lowest BCUT2D eigenvalue weighted by Crippen LogP contribution is -2.14. The summed E-state index contributed by atoms with van der Waals surface area (Å²) in [5.74, 6) is 0.624. The molecule has 5 heteroatoms. The number of para-hydroxylation sites is 2. The average Bonchev–Trinajstić information content (AvgIpc) is 2.55. The number of aromatic nitrogens is 3. The maximum absolute atomic E-state index is 5.03. The lowest BCUT2D eigenvalue weighted by atomic mass is 10.2. The molecule has 1 aromatic carbocycles. The summed E-state index contributed by atoms with van der Waals surface area (Å²) in [5, 5.41) is 3.34. The van der Waals surface area contributed by atoms with Crippen molar-refractivity contribution in [1.82, 2.24) is 20.3 Å². The van der Waals surface area contributed by atoms with Crippen LogP contribution >= 0.6 is 0 Å². The van der Waals surface area contributed by atoms with E-state index in [0.29, 0.717) is 12.4 Å². The van der Waals surface area contributed by atoms with Crippen molar-refractivity contribution in [3.8, 4) is 5.88 Å². The fourth-order valence-corrected chi connectivity index (χ4v) is 2.05. The quantitative estimate of drug-likeness (QED) is 0.777. The monoisotopic (exact) mass is 280 g/mol. The number of ether oxygens (including phenoxy) is 1. The highest BCUT2D eigenvalue weighted by atomic mass is 16.5. The Kier molecular flexibility index (Phi) is 4.02. The van der Waals surface area contributed by atoms with Crippen molar-refractivity contribution in [2.24, 2.45) is 0 Å². The Bertz CT molecular complexity index is 728. The largest absolute Gasteiger partial charge is 0.481 e. The summed E-state index contributed by atoms with van der Waals surface area (Å²) < 4.78 is 5.03. The van der Waals surface area contributed by atoms with Crippen LogP contribution in [0.15, 0.2) is 48.8 Å². The van der Waals surface area contributed by atoms with E-state index in [0.717, 1.165) is 28.8 Å². The van der Waals surface area contributed by atoms with E-state index >= 15 is 0 Å². The normalized spacial score (nSPS) is 10.7. The van der Waals surface area contributed by atoms with Gasteiger partial charge in [0.2, 0.25) is 5.88 Å². The molecule has 0 bridgehead atoms. The molecule has 3 rings (SSSR count). The number of hydrogen-bond donors (Lipinski definition) is 1. The molecule has 5 nitrogen and oxygen atoms in total. The Morgan fingerprint density at radius 3 is 2.57 bits per heavy atom. The van der Waals surface area contributed by atoms with E-state index in [2.05, 4.69) is 20.3 Å². The number of pyridine rings is 1. The van der Waals surface area contributed by atoms with Crippen LogP contribution in [0.2, 0.25) is 0 Å². The van der Waals surface area contributed by atoms with E-state index in [1.54, 1.807) is 13.3 Å². The Hall–Kier alpha value is -2.53. The predicted molar refractivity (Wildman–Crippen MR) is 80.9 cm³/mol. The third kappa shape index (κ3) is 3.32. The van der Waals surface area contributed by atoms with E-state index in [9.17, 15) is 0 Å². The van der Waals surface area contributed by atoms with E-state index < -0.39 is 0 Å². The molecule has 0 aliphatic heterocycles. The summed E-state index contributed by atoms with van der Waals surface area (Å²) in [4.78, 5) is 13.1. The number of fused-ring (bicyclic) bond motifs is 1. The van der Waals surface area contributed by atoms with Crippen LogP contribution in [0.25, 0.3) is 11.0 Å². The summed E-state index contributed by atoms with van der Waals surface area (Å²) in [5.41, 5.74) is 3.86. The van der Waals surface area contributed by atoms with Gasteiger partial charge in [-0.25, -0.2) is 9.97 Å². The maximum Gasteiger partial charge on any atom is 0.212 e. The molecule has 0 saturated carbocycles. The highest BCUT2D eigenvalue weighted by molar-refractivity contribution is 5.73. The molecule has 0 saturated heterocycles. The molecule has 0 fully saturated rings. The van der Waals surface area contributed by atoms with Crippen LogP contribution in [-0.2, 0) is 13.1 Å². The number of rotatable bonds is 5. The third-order valence-corrected chi connectivity index (χ3v) is 3.14. The van der Waals surface area contributed by atoms with Crippen LogP contribution in [0.5, 0.6) is 5.88 Å². The number of methoxy groups -OCH3 is 1. The Morgan fingerprint density at radius 1 is 0.952 bits per heavy atom. The predicted octanol–water partition coefficient (Wildman–Crippen LogP) is 2.32. The van der Waals surface area contributed by atoms with Gasteiger partial charge in [0.05, 0.1) is 30.0 Å². The van der Waals surface area contributed by atoms with Gasteiger partial charge in [0, 0.05) is 25.4 Å². The zero-order valence-corrected chi connectivity index (χ0v) is 11.8. The van der Waals surface area contributed by atoms with E-state index in [1.807, 2.05) is 42.6 Å². The van der Waals surface area contributed by atoms with E-state index in [-0.39, 0.29) is 0 Å². The number of nitrogens with one attached hydrogen (secondary N) is 1. The van der Waals surface area contributed by atoms with Gasteiger partial charge in [0.1, 0.15) is 0 Å². The third-order valence-electron chi connectivity index (χ3n) is 3.14. The molecular formula is C16H16N4O. The number of hydrogen-bond acceptors (Lipinski definition) is 5. The van der Waals surface area contributed by atoms with Crippen LogP contribution < -0.4 is 10.1 Å². The first kappa shape index (κ1) is 13.5. The van der Waals surface area contributed by atoms with Gasteiger partial charge in [-0.3, -0.25) is 4.98 Å². The van der Waals surface area contributed by atoms with Crippen LogP contribution in [0.4, 0.5) is 0 Å². The zero-order valence-electron chi connectivity index (χ0n) is 11.8. The van der Waals surface area contributed by atoms with Gasteiger partial charge in [-0.05, 0) is 17.7 Å². The fourth-order valence-electron chi connectivity index (χ4n) is 2.05. The number of nitrogens with zero attached hydrogens (tertiary/aromatic N) is 3. The van der Waals surface area contributed by atoms with Gasteiger partial charge < -0.3 is 10.1 Å². The number of benzene rings is 1. The molecule has 3 aromatic rings. The Balaban J connectivity index is 1.60. The maximum atomic E-state index is 5.03. The summed E-state index contributed by atoms with van der Waals surface area (Å²) in [6.45, 7) is 1.40. The SMILES string of the molecule is COc1ccc(CNCc2cnc3ccccc3n2)cn1. The highest BCUT2D eigenvalue weighted by Gasteiger charge is 2.00.